The fraction of sp³-hybridized carbons (Fsp3) is 0.450. The first-order valence-corrected chi connectivity index (χ1v) is 9.63. The Morgan fingerprint density at radius 1 is 1.29 bits per heavy atom. The van der Waals surface area contributed by atoms with Gasteiger partial charge in [-0.25, -0.2) is 9.79 Å². The summed E-state index contributed by atoms with van der Waals surface area (Å²) in [6, 6.07) is 8.00. The number of rotatable bonds is 4. The summed E-state index contributed by atoms with van der Waals surface area (Å²) >= 11 is 0. The monoisotopic (exact) mass is 382 g/mol. The van der Waals surface area contributed by atoms with E-state index in [2.05, 4.69) is 32.0 Å². The number of ether oxygens (including phenoxy) is 1. The van der Waals surface area contributed by atoms with E-state index in [1.807, 2.05) is 41.6 Å². The molecule has 1 N–H and O–H groups in total. The van der Waals surface area contributed by atoms with E-state index in [0.717, 1.165) is 42.6 Å². The van der Waals surface area contributed by atoms with Crippen LogP contribution in [0.3, 0.4) is 0 Å². The van der Waals surface area contributed by atoms with E-state index in [1.54, 1.807) is 7.11 Å². The molecule has 0 spiro atoms. The van der Waals surface area contributed by atoms with Gasteiger partial charge in [-0.15, -0.1) is 0 Å². The van der Waals surface area contributed by atoms with Crippen LogP contribution >= 0.6 is 0 Å². The molecule has 4 rings (SSSR count). The van der Waals surface area contributed by atoms with Gasteiger partial charge in [-0.05, 0) is 24.6 Å². The topological polar surface area (TPSA) is 72.8 Å². The second-order valence-corrected chi connectivity index (χ2v) is 7.22. The quantitative estimate of drug-likeness (QED) is 0.857. The highest BCUT2D eigenvalue weighted by Crippen LogP contribution is 2.18. The number of hydrogen-bond acceptors (Lipinski definition) is 6. The van der Waals surface area contributed by atoms with Crippen molar-refractivity contribution in [2.75, 3.05) is 39.8 Å². The van der Waals surface area contributed by atoms with Crippen LogP contribution in [0.25, 0.3) is 0 Å². The first-order chi connectivity index (χ1) is 13.6. The van der Waals surface area contributed by atoms with Gasteiger partial charge in [0, 0.05) is 45.3 Å². The van der Waals surface area contributed by atoms with E-state index in [4.69, 9.17) is 4.74 Å². The van der Waals surface area contributed by atoms with Crippen LogP contribution in [0, 0.1) is 0 Å². The molecule has 8 nitrogen and oxygen atoms in total. The summed E-state index contributed by atoms with van der Waals surface area (Å²) in [5.74, 6) is 2.71. The number of nitrogens with one attached hydrogen (secondary N) is 1. The van der Waals surface area contributed by atoms with Gasteiger partial charge in [0.2, 0.25) is 0 Å². The molecule has 3 heterocycles. The molecule has 8 heteroatoms. The molecular weight excluding hydrogens is 356 g/mol. The van der Waals surface area contributed by atoms with Crippen LogP contribution in [0.2, 0.25) is 0 Å². The lowest BCUT2D eigenvalue weighted by Gasteiger charge is -2.36. The van der Waals surface area contributed by atoms with Gasteiger partial charge in [0.15, 0.2) is 0 Å². The Morgan fingerprint density at radius 2 is 2.11 bits per heavy atom. The van der Waals surface area contributed by atoms with Gasteiger partial charge in [0.25, 0.3) is 0 Å². The number of piperazine rings is 1. The number of urea groups is 1. The lowest BCUT2D eigenvalue weighted by atomic mass is 10.2. The molecule has 148 valence electrons. The highest BCUT2D eigenvalue weighted by molar-refractivity contribution is 6.03. The lowest BCUT2D eigenvalue weighted by molar-refractivity contribution is 0.156. The molecule has 0 saturated carbocycles. The predicted molar refractivity (Wildman–Crippen MR) is 109 cm³/mol. The Kier molecular flexibility index (Phi) is 5.18. The maximum Gasteiger partial charge on any atom is 0.317 e. The number of aliphatic imine (C=N–C) groups is 2. The van der Waals surface area contributed by atoms with Crippen LogP contribution in [0.15, 0.2) is 46.1 Å². The molecule has 3 aliphatic heterocycles. The molecule has 0 bridgehead atoms. The highest BCUT2D eigenvalue weighted by Gasteiger charge is 2.27. The minimum Gasteiger partial charge on any atom is -0.497 e. The van der Waals surface area contributed by atoms with Crippen LogP contribution < -0.4 is 10.1 Å². The second kappa shape index (κ2) is 7.92. The van der Waals surface area contributed by atoms with Crippen molar-refractivity contribution in [1.29, 1.82) is 0 Å². The molecule has 1 fully saturated rings. The van der Waals surface area contributed by atoms with Gasteiger partial charge < -0.3 is 24.8 Å². The molecule has 0 aliphatic carbocycles. The number of hydrogen-bond donors (Lipinski definition) is 1. The molecule has 1 saturated heterocycles. The first kappa shape index (κ1) is 18.3. The van der Waals surface area contributed by atoms with Crippen LogP contribution in [-0.2, 0) is 6.54 Å². The highest BCUT2D eigenvalue weighted by atomic mass is 16.5. The average molecular weight is 382 g/mol. The summed E-state index contributed by atoms with van der Waals surface area (Å²) in [5, 5.41) is 2.99. The third-order valence-electron chi connectivity index (χ3n) is 5.16. The van der Waals surface area contributed by atoms with Crippen molar-refractivity contribution < 1.29 is 9.53 Å². The molecule has 1 aromatic rings. The Bertz CT molecular complexity index is 826. The molecule has 1 atom stereocenters. The maximum absolute atomic E-state index is 12.5. The van der Waals surface area contributed by atoms with E-state index in [9.17, 15) is 4.79 Å². The van der Waals surface area contributed by atoms with Gasteiger partial charge in [0.05, 0.1) is 19.5 Å². The number of carbonyl (C=O) groups is 1. The van der Waals surface area contributed by atoms with Crippen LogP contribution in [0.4, 0.5) is 4.79 Å². The fourth-order valence-electron chi connectivity index (χ4n) is 3.61. The standard InChI is InChI=1S/C20H26N6O2/c1-15-13-26-14-22-18(11-19(26)23-15)24-6-8-25(9-7-24)20(27)21-12-16-4-3-5-17(10-16)28-2/h3-5,10-11,14-15H,6-9,12-13H2,1-2H3,(H,21,27)/t15-/m1/s1. The van der Waals surface area contributed by atoms with Gasteiger partial charge >= 0.3 is 6.03 Å². The Morgan fingerprint density at radius 3 is 2.89 bits per heavy atom. The number of amidine groups is 1. The fourth-order valence-corrected chi connectivity index (χ4v) is 3.61. The molecule has 1 aromatic carbocycles. The third-order valence-corrected chi connectivity index (χ3v) is 5.16. The molecular formula is C20H26N6O2. The van der Waals surface area contributed by atoms with Gasteiger partial charge in [-0.1, -0.05) is 12.1 Å². The smallest absolute Gasteiger partial charge is 0.317 e. The molecule has 3 aliphatic rings. The summed E-state index contributed by atoms with van der Waals surface area (Å²) in [7, 11) is 1.64. The maximum atomic E-state index is 12.5. The van der Waals surface area contributed by atoms with Crippen molar-refractivity contribution in [1.82, 2.24) is 20.0 Å². The van der Waals surface area contributed by atoms with Gasteiger partial charge in [-0.3, -0.25) is 4.99 Å². The van der Waals surface area contributed by atoms with Gasteiger partial charge in [0.1, 0.15) is 17.4 Å². The molecule has 0 unspecified atom stereocenters. The van der Waals surface area contributed by atoms with E-state index in [1.165, 1.54) is 0 Å². The van der Waals surface area contributed by atoms with Crippen LogP contribution in [0.1, 0.15) is 12.5 Å². The zero-order chi connectivity index (χ0) is 19.5. The lowest BCUT2D eigenvalue weighted by Crippen LogP contribution is -2.51. The summed E-state index contributed by atoms with van der Waals surface area (Å²) in [6.07, 6.45) is 3.91. The van der Waals surface area contributed by atoms with Crippen LogP contribution in [0.5, 0.6) is 5.75 Å². The molecule has 0 radical (unpaired) electrons. The SMILES string of the molecule is COc1cccc(CNC(=O)N2CCN(C3=CC4=N[C@H](C)CN4C=N3)CC2)c1. The zero-order valence-corrected chi connectivity index (χ0v) is 16.3. The summed E-state index contributed by atoms with van der Waals surface area (Å²) in [5.41, 5.74) is 1.02. The Hall–Kier alpha value is -3.03. The van der Waals surface area contributed by atoms with E-state index in [0.29, 0.717) is 25.7 Å². The number of fused-ring (bicyclic) bond motifs is 1. The largest absolute Gasteiger partial charge is 0.497 e. The first-order valence-electron chi connectivity index (χ1n) is 9.63. The van der Waals surface area contributed by atoms with E-state index >= 15 is 0 Å². The summed E-state index contributed by atoms with van der Waals surface area (Å²) < 4.78 is 5.22. The Labute approximate surface area is 165 Å². The van der Waals surface area contributed by atoms with Crippen molar-refractivity contribution in [3.63, 3.8) is 0 Å². The van der Waals surface area contributed by atoms with Crippen molar-refractivity contribution in [3.05, 3.63) is 41.7 Å². The normalized spacial score (nSPS) is 21.2. The van der Waals surface area contributed by atoms with E-state index in [-0.39, 0.29) is 6.03 Å². The third kappa shape index (κ3) is 3.95. The van der Waals surface area contributed by atoms with Crippen molar-refractivity contribution in [2.24, 2.45) is 9.98 Å². The number of amides is 2. The number of nitrogens with zero attached hydrogens (tertiary/aromatic N) is 5. The number of methoxy groups -OCH3 is 1. The average Bonchev–Trinajstić information content (AvgIpc) is 3.11. The van der Waals surface area contributed by atoms with Crippen LogP contribution in [-0.4, -0.2) is 78.8 Å². The molecule has 2 amide bonds. The Balaban J connectivity index is 1.28. The van der Waals surface area contributed by atoms with Gasteiger partial charge in [-0.2, -0.15) is 0 Å². The van der Waals surface area contributed by atoms with E-state index < -0.39 is 0 Å². The summed E-state index contributed by atoms with van der Waals surface area (Å²) in [6.45, 7) is 6.35. The van der Waals surface area contributed by atoms with Crippen molar-refractivity contribution in [3.8, 4) is 5.75 Å². The second-order valence-electron chi connectivity index (χ2n) is 7.22. The predicted octanol–water partition coefficient (Wildman–Crippen LogP) is 1.51. The minimum absolute atomic E-state index is 0.0382. The summed E-state index contributed by atoms with van der Waals surface area (Å²) in [4.78, 5) is 27.8. The number of benzene rings is 1. The minimum atomic E-state index is -0.0382. The van der Waals surface area contributed by atoms with Crippen molar-refractivity contribution in [2.45, 2.75) is 19.5 Å². The van der Waals surface area contributed by atoms with Crippen molar-refractivity contribution >= 4 is 18.2 Å². The zero-order valence-electron chi connectivity index (χ0n) is 16.3. The molecule has 0 aromatic heterocycles. The molecule has 28 heavy (non-hydrogen) atoms. The number of carbonyl (C=O) groups excluding carboxylic acids is 1.